The molecule has 0 spiro atoms. The van der Waals surface area contributed by atoms with Crippen LogP contribution in [0.2, 0.25) is 0 Å². The van der Waals surface area contributed by atoms with E-state index in [-0.39, 0.29) is 23.6 Å². The fourth-order valence-corrected chi connectivity index (χ4v) is 1.45. The number of hydrogen-bond donors (Lipinski definition) is 1. The Hall–Kier alpha value is -1.82. The molecule has 17 heavy (non-hydrogen) atoms. The lowest BCUT2D eigenvalue weighted by Crippen LogP contribution is -2.04. The van der Waals surface area contributed by atoms with E-state index < -0.39 is 11.7 Å². The first-order valence-electron chi connectivity index (χ1n) is 4.73. The summed E-state index contributed by atoms with van der Waals surface area (Å²) < 4.78 is 42.5. The average molecular weight is 243 g/mol. The number of hydrogen-bond acceptors (Lipinski definition) is 3. The molecular weight excluding hydrogens is 235 g/mol. The Morgan fingerprint density at radius 2 is 2.06 bits per heavy atom. The number of aliphatic hydroxyl groups is 1. The highest BCUT2D eigenvalue weighted by Gasteiger charge is 2.30. The first kappa shape index (κ1) is 11.7. The van der Waals surface area contributed by atoms with Crippen LogP contribution in [0.25, 0.3) is 11.3 Å². The third-order valence-electron chi connectivity index (χ3n) is 2.24. The lowest BCUT2D eigenvalue weighted by atomic mass is 10.1. The molecule has 0 saturated carbocycles. The Morgan fingerprint density at radius 1 is 1.29 bits per heavy atom. The van der Waals surface area contributed by atoms with Gasteiger partial charge in [-0.15, -0.1) is 0 Å². The minimum absolute atomic E-state index is 0.151. The summed E-state index contributed by atoms with van der Waals surface area (Å²) in [6.45, 7) is -0.387. The number of alkyl halides is 3. The highest BCUT2D eigenvalue weighted by atomic mass is 19.4. The quantitative estimate of drug-likeness (QED) is 0.882. The molecule has 0 atom stereocenters. The second kappa shape index (κ2) is 4.21. The largest absolute Gasteiger partial charge is 0.443 e. The zero-order valence-electron chi connectivity index (χ0n) is 8.53. The Labute approximate surface area is 94.5 Å². The van der Waals surface area contributed by atoms with E-state index in [1.165, 1.54) is 12.1 Å². The molecule has 2 rings (SSSR count). The predicted octanol–water partition coefficient (Wildman–Crippen LogP) is 2.85. The number of halogens is 3. The summed E-state index contributed by atoms with van der Waals surface area (Å²) in [6.07, 6.45) is -3.32. The van der Waals surface area contributed by atoms with Crippen LogP contribution < -0.4 is 0 Å². The van der Waals surface area contributed by atoms with Crippen LogP contribution in [0.1, 0.15) is 11.3 Å². The monoisotopic (exact) mass is 243 g/mol. The molecule has 6 heteroatoms. The molecule has 90 valence electrons. The van der Waals surface area contributed by atoms with Crippen molar-refractivity contribution in [2.75, 3.05) is 0 Å². The fourth-order valence-electron chi connectivity index (χ4n) is 1.45. The molecule has 1 aromatic heterocycles. The maximum atomic E-state index is 12.5. The van der Waals surface area contributed by atoms with Gasteiger partial charge >= 0.3 is 6.18 Å². The van der Waals surface area contributed by atoms with Crippen molar-refractivity contribution in [3.05, 3.63) is 41.9 Å². The summed E-state index contributed by atoms with van der Waals surface area (Å²) in [7, 11) is 0. The molecule has 0 aliphatic carbocycles. The number of nitrogens with zero attached hydrogens (tertiary/aromatic N) is 1. The Bertz CT molecular complexity index is 519. The van der Waals surface area contributed by atoms with Gasteiger partial charge in [0.05, 0.1) is 12.2 Å². The highest BCUT2D eigenvalue weighted by Crippen LogP contribution is 2.32. The summed E-state index contributed by atoms with van der Waals surface area (Å²) in [5.41, 5.74) is -0.319. The van der Waals surface area contributed by atoms with Crippen molar-refractivity contribution in [1.29, 1.82) is 0 Å². The molecule has 1 heterocycles. The van der Waals surface area contributed by atoms with E-state index in [1.807, 2.05) is 0 Å². The summed E-state index contributed by atoms with van der Waals surface area (Å²) in [5.74, 6) is 0.151. The van der Waals surface area contributed by atoms with E-state index in [2.05, 4.69) is 4.98 Å². The normalized spacial score (nSPS) is 11.8. The number of aliphatic hydroxyl groups excluding tert-OH is 1. The third-order valence-corrected chi connectivity index (χ3v) is 2.24. The van der Waals surface area contributed by atoms with E-state index in [4.69, 9.17) is 9.52 Å². The van der Waals surface area contributed by atoms with Crippen molar-refractivity contribution >= 4 is 0 Å². The van der Waals surface area contributed by atoms with Crippen LogP contribution in [-0.2, 0) is 12.8 Å². The molecule has 0 fully saturated rings. The minimum Gasteiger partial charge on any atom is -0.443 e. The summed E-state index contributed by atoms with van der Waals surface area (Å²) >= 11 is 0. The molecular formula is C11H8F3NO2. The average Bonchev–Trinajstić information content (AvgIpc) is 2.76. The maximum Gasteiger partial charge on any atom is 0.416 e. The molecule has 0 amide bonds. The van der Waals surface area contributed by atoms with E-state index in [1.54, 1.807) is 0 Å². The third kappa shape index (κ3) is 2.31. The van der Waals surface area contributed by atoms with Gasteiger partial charge < -0.3 is 9.52 Å². The second-order valence-corrected chi connectivity index (χ2v) is 3.36. The van der Waals surface area contributed by atoms with Gasteiger partial charge in [-0.2, -0.15) is 13.2 Å². The Morgan fingerprint density at radius 3 is 2.71 bits per heavy atom. The molecule has 0 unspecified atom stereocenters. The fraction of sp³-hybridized carbons (Fsp3) is 0.182. The van der Waals surface area contributed by atoms with Gasteiger partial charge in [0, 0.05) is 5.56 Å². The van der Waals surface area contributed by atoms with Crippen molar-refractivity contribution in [1.82, 2.24) is 4.98 Å². The van der Waals surface area contributed by atoms with Gasteiger partial charge in [0.2, 0.25) is 0 Å². The van der Waals surface area contributed by atoms with Crippen LogP contribution in [0.3, 0.4) is 0 Å². The SMILES string of the molecule is OCc1ncoc1-c1cccc(C(F)(F)F)c1. The molecule has 0 aliphatic rings. The van der Waals surface area contributed by atoms with Crippen LogP contribution in [0, 0.1) is 0 Å². The maximum absolute atomic E-state index is 12.5. The lowest BCUT2D eigenvalue weighted by Gasteiger charge is -2.07. The van der Waals surface area contributed by atoms with Crippen LogP contribution in [-0.4, -0.2) is 10.1 Å². The van der Waals surface area contributed by atoms with E-state index in [9.17, 15) is 13.2 Å². The lowest BCUT2D eigenvalue weighted by molar-refractivity contribution is -0.137. The van der Waals surface area contributed by atoms with Gasteiger partial charge in [-0.1, -0.05) is 12.1 Å². The number of oxazole rings is 1. The van der Waals surface area contributed by atoms with E-state index >= 15 is 0 Å². The van der Waals surface area contributed by atoms with Gasteiger partial charge in [-0.3, -0.25) is 0 Å². The molecule has 1 N–H and O–H groups in total. The summed E-state index contributed by atoms with van der Waals surface area (Å²) in [4.78, 5) is 3.70. The van der Waals surface area contributed by atoms with Gasteiger partial charge in [0.15, 0.2) is 12.2 Å². The Kier molecular flexibility index (Phi) is 2.89. The molecule has 2 aromatic rings. The molecule has 3 nitrogen and oxygen atoms in total. The molecule has 0 aliphatic heterocycles. The molecule has 1 aromatic carbocycles. The van der Waals surface area contributed by atoms with Crippen LogP contribution in [0.15, 0.2) is 35.1 Å². The van der Waals surface area contributed by atoms with Gasteiger partial charge in [-0.05, 0) is 12.1 Å². The van der Waals surface area contributed by atoms with Gasteiger partial charge in [0.1, 0.15) is 5.69 Å². The minimum atomic E-state index is -4.41. The van der Waals surface area contributed by atoms with E-state index in [0.717, 1.165) is 18.5 Å². The topological polar surface area (TPSA) is 46.3 Å². The predicted molar refractivity (Wildman–Crippen MR) is 52.9 cm³/mol. The van der Waals surface area contributed by atoms with Crippen LogP contribution in [0.5, 0.6) is 0 Å². The molecule has 0 radical (unpaired) electrons. The van der Waals surface area contributed by atoms with Crippen molar-refractivity contribution < 1.29 is 22.7 Å². The van der Waals surface area contributed by atoms with Crippen molar-refractivity contribution in [2.24, 2.45) is 0 Å². The van der Waals surface area contributed by atoms with Crippen molar-refractivity contribution in [3.63, 3.8) is 0 Å². The zero-order chi connectivity index (χ0) is 12.5. The standard InChI is InChI=1S/C11H8F3NO2/c12-11(13,14)8-3-1-2-7(4-8)10-9(5-16)15-6-17-10/h1-4,6,16H,5H2. The first-order valence-corrected chi connectivity index (χ1v) is 4.73. The number of benzene rings is 1. The highest BCUT2D eigenvalue weighted by molar-refractivity contribution is 5.60. The number of aromatic nitrogens is 1. The van der Waals surface area contributed by atoms with Gasteiger partial charge in [0.25, 0.3) is 0 Å². The zero-order valence-corrected chi connectivity index (χ0v) is 8.53. The van der Waals surface area contributed by atoms with Crippen molar-refractivity contribution in [3.8, 4) is 11.3 Å². The number of rotatable bonds is 2. The summed E-state index contributed by atoms with van der Waals surface area (Å²) in [5, 5.41) is 8.95. The Balaban J connectivity index is 2.47. The smallest absolute Gasteiger partial charge is 0.416 e. The van der Waals surface area contributed by atoms with Crippen LogP contribution in [0.4, 0.5) is 13.2 Å². The second-order valence-electron chi connectivity index (χ2n) is 3.36. The first-order chi connectivity index (χ1) is 8.02. The van der Waals surface area contributed by atoms with Crippen molar-refractivity contribution in [2.45, 2.75) is 12.8 Å². The van der Waals surface area contributed by atoms with Gasteiger partial charge in [-0.25, -0.2) is 4.98 Å². The molecule has 0 bridgehead atoms. The van der Waals surface area contributed by atoms with Crippen LogP contribution >= 0.6 is 0 Å². The van der Waals surface area contributed by atoms with E-state index in [0.29, 0.717) is 0 Å². The molecule has 0 saturated heterocycles. The summed E-state index contributed by atoms with van der Waals surface area (Å²) in [6, 6.07) is 4.68.